The molecule has 0 atom stereocenters. The van der Waals surface area contributed by atoms with Crippen molar-refractivity contribution in [2.75, 3.05) is 12.0 Å². The van der Waals surface area contributed by atoms with Crippen molar-refractivity contribution in [2.24, 2.45) is 0 Å². The van der Waals surface area contributed by atoms with Crippen LogP contribution in [-0.2, 0) is 4.79 Å². The highest BCUT2D eigenvalue weighted by Gasteiger charge is 2.07. The largest absolute Gasteiger partial charge is 0.352 e. The third-order valence-electron chi connectivity index (χ3n) is 3.04. The molecule has 0 aliphatic carbocycles. The maximum absolute atomic E-state index is 11.9. The number of nitrogens with zero attached hydrogens (tertiary/aromatic N) is 2. The second kappa shape index (κ2) is 8.26. The monoisotopic (exact) mass is 347 g/mol. The van der Waals surface area contributed by atoms with Crippen LogP contribution >= 0.6 is 11.6 Å². The van der Waals surface area contributed by atoms with E-state index in [4.69, 9.17) is 11.6 Å². The number of hydrazine groups is 1. The number of amides is 2. The fourth-order valence-electron chi connectivity index (χ4n) is 1.96. The van der Waals surface area contributed by atoms with Crippen molar-refractivity contribution < 1.29 is 9.59 Å². The molecule has 0 saturated carbocycles. The highest BCUT2D eigenvalue weighted by atomic mass is 35.5. The molecule has 3 N–H and O–H groups in total. The van der Waals surface area contributed by atoms with Crippen LogP contribution in [0.25, 0.3) is 0 Å². The number of hydrogen-bond acceptors (Lipinski definition) is 5. The third kappa shape index (κ3) is 5.51. The number of aromatic nitrogens is 2. The first kappa shape index (κ1) is 17.7. The minimum absolute atomic E-state index is 0.122. The molecule has 0 bridgehead atoms. The Kier molecular flexibility index (Phi) is 6.08. The van der Waals surface area contributed by atoms with Crippen LogP contribution in [0, 0.1) is 13.8 Å². The minimum Gasteiger partial charge on any atom is -0.352 e. The number of rotatable bonds is 6. The summed E-state index contributed by atoms with van der Waals surface area (Å²) in [5, 5.41) is 3.22. The van der Waals surface area contributed by atoms with Crippen LogP contribution in [0.3, 0.4) is 0 Å². The van der Waals surface area contributed by atoms with Gasteiger partial charge in [-0.2, -0.15) is 0 Å². The van der Waals surface area contributed by atoms with Crippen molar-refractivity contribution in [1.82, 2.24) is 20.7 Å². The number of hydrogen-bond donors (Lipinski definition) is 3. The fourth-order valence-corrected chi connectivity index (χ4v) is 2.09. The van der Waals surface area contributed by atoms with E-state index in [9.17, 15) is 9.59 Å². The van der Waals surface area contributed by atoms with Gasteiger partial charge in [-0.15, -0.1) is 0 Å². The first-order valence-electron chi connectivity index (χ1n) is 7.35. The van der Waals surface area contributed by atoms with Crippen LogP contribution in [0.5, 0.6) is 0 Å². The molecule has 0 saturated heterocycles. The predicted octanol–water partition coefficient (Wildman–Crippen LogP) is 2.01. The Balaban J connectivity index is 1.73. The predicted molar refractivity (Wildman–Crippen MR) is 91.7 cm³/mol. The standard InChI is InChI=1S/C16H18ClN5O2/c1-10-9-11(2)20-16(19-10)22-21-14(23)7-8-18-15(24)12-3-5-13(17)6-4-12/h3-6,9H,7-8H2,1-2H3,(H,18,24)(H,21,23)(H,19,20,22). The Bertz CT molecular complexity index is 713. The van der Waals surface area contributed by atoms with Gasteiger partial charge in [0.05, 0.1) is 0 Å². The molecule has 24 heavy (non-hydrogen) atoms. The Labute approximate surface area is 144 Å². The van der Waals surface area contributed by atoms with Crippen LogP contribution in [0.1, 0.15) is 28.2 Å². The summed E-state index contributed by atoms with van der Waals surface area (Å²) in [5.41, 5.74) is 7.23. The van der Waals surface area contributed by atoms with E-state index in [1.807, 2.05) is 19.9 Å². The van der Waals surface area contributed by atoms with E-state index < -0.39 is 0 Å². The lowest BCUT2D eigenvalue weighted by Gasteiger charge is -2.09. The van der Waals surface area contributed by atoms with Crippen molar-refractivity contribution in [1.29, 1.82) is 0 Å². The van der Waals surface area contributed by atoms with Crippen LogP contribution in [0.15, 0.2) is 30.3 Å². The van der Waals surface area contributed by atoms with Gasteiger partial charge in [-0.3, -0.25) is 20.4 Å². The van der Waals surface area contributed by atoms with E-state index in [1.165, 1.54) is 0 Å². The molecule has 126 valence electrons. The highest BCUT2D eigenvalue weighted by molar-refractivity contribution is 6.30. The molecule has 1 aromatic carbocycles. The van der Waals surface area contributed by atoms with Crippen molar-refractivity contribution >= 4 is 29.4 Å². The summed E-state index contributed by atoms with van der Waals surface area (Å²) in [5.74, 6) is -0.217. The van der Waals surface area contributed by atoms with E-state index in [0.717, 1.165) is 11.4 Å². The number of aryl methyl sites for hydroxylation is 2. The zero-order valence-electron chi connectivity index (χ0n) is 13.4. The lowest BCUT2D eigenvalue weighted by molar-refractivity contribution is -0.120. The van der Waals surface area contributed by atoms with Crippen LogP contribution in [0.2, 0.25) is 5.02 Å². The second-order valence-corrected chi connectivity index (χ2v) is 5.60. The first-order valence-corrected chi connectivity index (χ1v) is 7.73. The van der Waals surface area contributed by atoms with E-state index in [2.05, 4.69) is 26.1 Å². The molecule has 0 spiro atoms. The average molecular weight is 348 g/mol. The Hall–Kier alpha value is -2.67. The molecule has 2 aromatic rings. The SMILES string of the molecule is Cc1cc(C)nc(NNC(=O)CCNC(=O)c2ccc(Cl)cc2)n1. The van der Waals surface area contributed by atoms with Gasteiger partial charge in [-0.25, -0.2) is 9.97 Å². The average Bonchev–Trinajstić information content (AvgIpc) is 2.52. The summed E-state index contributed by atoms with van der Waals surface area (Å²) in [6.07, 6.45) is 0.122. The van der Waals surface area contributed by atoms with Gasteiger partial charge in [0.2, 0.25) is 11.9 Å². The number of benzene rings is 1. The van der Waals surface area contributed by atoms with Crippen LogP contribution in [0.4, 0.5) is 5.95 Å². The molecule has 0 radical (unpaired) electrons. The second-order valence-electron chi connectivity index (χ2n) is 5.16. The van der Waals surface area contributed by atoms with Gasteiger partial charge in [-0.05, 0) is 44.2 Å². The fraction of sp³-hybridized carbons (Fsp3) is 0.250. The Morgan fingerprint density at radius 1 is 1.08 bits per heavy atom. The van der Waals surface area contributed by atoms with Gasteiger partial charge in [0.15, 0.2) is 0 Å². The van der Waals surface area contributed by atoms with E-state index in [0.29, 0.717) is 16.5 Å². The molecular formula is C16H18ClN5O2. The van der Waals surface area contributed by atoms with E-state index in [1.54, 1.807) is 24.3 Å². The molecule has 0 aliphatic heterocycles. The molecule has 2 rings (SSSR count). The number of halogens is 1. The van der Waals surface area contributed by atoms with Crippen molar-refractivity contribution in [3.05, 3.63) is 52.3 Å². The molecule has 1 heterocycles. The summed E-state index contributed by atoms with van der Waals surface area (Å²) < 4.78 is 0. The minimum atomic E-state index is -0.283. The molecule has 8 heteroatoms. The molecule has 0 unspecified atom stereocenters. The van der Waals surface area contributed by atoms with E-state index >= 15 is 0 Å². The van der Waals surface area contributed by atoms with Gasteiger partial charge in [-0.1, -0.05) is 11.6 Å². The topological polar surface area (TPSA) is 96.0 Å². The number of carbonyl (C=O) groups is 2. The van der Waals surface area contributed by atoms with Gasteiger partial charge in [0.25, 0.3) is 5.91 Å². The summed E-state index contributed by atoms with van der Waals surface area (Å²) in [7, 11) is 0. The van der Waals surface area contributed by atoms with Gasteiger partial charge >= 0.3 is 0 Å². The van der Waals surface area contributed by atoms with Gasteiger partial charge < -0.3 is 5.32 Å². The molecule has 7 nitrogen and oxygen atoms in total. The number of carbonyl (C=O) groups excluding carboxylic acids is 2. The number of anilines is 1. The molecule has 1 aromatic heterocycles. The summed E-state index contributed by atoms with van der Waals surface area (Å²) in [6, 6.07) is 8.35. The smallest absolute Gasteiger partial charge is 0.251 e. The van der Waals surface area contributed by atoms with Crippen molar-refractivity contribution in [2.45, 2.75) is 20.3 Å². The zero-order chi connectivity index (χ0) is 17.5. The zero-order valence-corrected chi connectivity index (χ0v) is 14.1. The Morgan fingerprint density at radius 2 is 1.71 bits per heavy atom. The number of nitrogens with one attached hydrogen (secondary N) is 3. The maximum atomic E-state index is 11.9. The van der Waals surface area contributed by atoms with Crippen molar-refractivity contribution in [3.63, 3.8) is 0 Å². The maximum Gasteiger partial charge on any atom is 0.251 e. The molecule has 2 amide bonds. The quantitative estimate of drug-likeness (QED) is 0.695. The highest BCUT2D eigenvalue weighted by Crippen LogP contribution is 2.09. The third-order valence-corrected chi connectivity index (χ3v) is 3.29. The van der Waals surface area contributed by atoms with Crippen molar-refractivity contribution in [3.8, 4) is 0 Å². The molecule has 0 fully saturated rings. The van der Waals surface area contributed by atoms with Crippen LogP contribution in [-0.4, -0.2) is 28.3 Å². The van der Waals surface area contributed by atoms with Gasteiger partial charge in [0.1, 0.15) is 0 Å². The lowest BCUT2D eigenvalue weighted by atomic mass is 10.2. The van der Waals surface area contributed by atoms with Gasteiger partial charge in [0, 0.05) is 34.9 Å². The summed E-state index contributed by atoms with van der Waals surface area (Å²) in [6.45, 7) is 3.89. The van der Waals surface area contributed by atoms with Crippen LogP contribution < -0.4 is 16.2 Å². The molecular weight excluding hydrogens is 330 g/mol. The normalized spacial score (nSPS) is 10.1. The summed E-state index contributed by atoms with van der Waals surface area (Å²) >= 11 is 5.77. The molecule has 0 aliphatic rings. The van der Waals surface area contributed by atoms with E-state index in [-0.39, 0.29) is 24.8 Å². The Morgan fingerprint density at radius 3 is 2.33 bits per heavy atom. The first-order chi connectivity index (χ1) is 11.4. The lowest BCUT2D eigenvalue weighted by Crippen LogP contribution is -2.34. The summed E-state index contributed by atoms with van der Waals surface area (Å²) in [4.78, 5) is 31.9.